The monoisotopic (exact) mass is 427 g/mol. The van der Waals surface area contributed by atoms with Crippen molar-refractivity contribution in [1.29, 1.82) is 0 Å². The van der Waals surface area contributed by atoms with Gasteiger partial charge in [0.1, 0.15) is 5.69 Å². The number of nitrogens with zero attached hydrogens (tertiary/aromatic N) is 5. The molecule has 4 heterocycles. The highest BCUT2D eigenvalue weighted by atomic mass is 16.5. The molecule has 0 spiro atoms. The topological polar surface area (TPSA) is 90.2 Å². The lowest BCUT2D eigenvalue weighted by Gasteiger charge is -2.17. The number of pyridine rings is 1. The van der Waals surface area contributed by atoms with Gasteiger partial charge in [0.05, 0.1) is 35.6 Å². The third kappa shape index (κ3) is 3.78. The number of carbonyl (C=O) groups excluding carboxylic acids is 1. The summed E-state index contributed by atoms with van der Waals surface area (Å²) in [6.45, 7) is 2.89. The summed E-state index contributed by atoms with van der Waals surface area (Å²) in [7, 11) is 1.76. The van der Waals surface area contributed by atoms with E-state index in [2.05, 4.69) is 27.4 Å². The van der Waals surface area contributed by atoms with E-state index in [-0.39, 0.29) is 5.91 Å². The summed E-state index contributed by atoms with van der Waals surface area (Å²) in [4.78, 5) is 19.5. The summed E-state index contributed by atoms with van der Waals surface area (Å²) in [6, 6.07) is 15.4. The fraction of sp³-hybridized carbons (Fsp3) is 0.167. The number of amides is 1. The standard InChI is InChI=1S/C24H21N5O3/c1-16-22-19(11-20(21-9-6-10-31-21)26-23(22)32-27-16)24(30)28(2)13-18-12-25-29(15-18)14-17-7-4-3-5-8-17/h3-12,15H,13-14H2,1-2H3. The first-order chi connectivity index (χ1) is 15.6. The number of furan rings is 1. The van der Waals surface area contributed by atoms with E-state index in [1.54, 1.807) is 49.5 Å². The van der Waals surface area contributed by atoms with Gasteiger partial charge in [0, 0.05) is 25.4 Å². The van der Waals surface area contributed by atoms with E-state index in [9.17, 15) is 4.79 Å². The molecule has 0 saturated carbocycles. The van der Waals surface area contributed by atoms with Crippen LogP contribution >= 0.6 is 0 Å². The number of hydrogen-bond donors (Lipinski definition) is 0. The van der Waals surface area contributed by atoms with Gasteiger partial charge in [-0.1, -0.05) is 35.5 Å². The van der Waals surface area contributed by atoms with Gasteiger partial charge >= 0.3 is 0 Å². The van der Waals surface area contributed by atoms with Crippen molar-refractivity contribution >= 4 is 17.0 Å². The van der Waals surface area contributed by atoms with Crippen molar-refractivity contribution in [3.63, 3.8) is 0 Å². The van der Waals surface area contributed by atoms with Gasteiger partial charge in [-0.15, -0.1) is 0 Å². The summed E-state index contributed by atoms with van der Waals surface area (Å²) in [6.07, 6.45) is 5.30. The maximum atomic E-state index is 13.4. The minimum atomic E-state index is -0.160. The lowest BCUT2D eigenvalue weighted by Crippen LogP contribution is -2.26. The second kappa shape index (κ2) is 8.14. The fourth-order valence-corrected chi connectivity index (χ4v) is 3.71. The predicted molar refractivity (Wildman–Crippen MR) is 118 cm³/mol. The molecule has 1 amide bonds. The van der Waals surface area contributed by atoms with E-state index >= 15 is 0 Å². The van der Waals surface area contributed by atoms with Crippen LogP contribution in [0.5, 0.6) is 0 Å². The molecule has 8 nitrogen and oxygen atoms in total. The highest BCUT2D eigenvalue weighted by Crippen LogP contribution is 2.28. The molecule has 0 saturated heterocycles. The third-order valence-electron chi connectivity index (χ3n) is 5.26. The molecule has 4 aromatic heterocycles. The summed E-state index contributed by atoms with van der Waals surface area (Å²) in [5.74, 6) is 0.396. The Morgan fingerprint density at radius 1 is 1.12 bits per heavy atom. The van der Waals surface area contributed by atoms with Crippen LogP contribution in [0.1, 0.15) is 27.2 Å². The maximum Gasteiger partial charge on any atom is 0.259 e. The van der Waals surface area contributed by atoms with Crippen LogP contribution in [-0.4, -0.2) is 37.8 Å². The second-order valence-corrected chi connectivity index (χ2v) is 7.67. The van der Waals surface area contributed by atoms with Gasteiger partial charge in [-0.25, -0.2) is 4.98 Å². The number of aryl methyl sites for hydroxylation is 1. The zero-order chi connectivity index (χ0) is 22.1. The first kappa shape index (κ1) is 19.7. The van der Waals surface area contributed by atoms with E-state index in [0.29, 0.717) is 46.9 Å². The number of aromatic nitrogens is 4. The zero-order valence-corrected chi connectivity index (χ0v) is 17.7. The molecule has 0 aliphatic heterocycles. The molecule has 0 fully saturated rings. The van der Waals surface area contributed by atoms with Crippen LogP contribution in [0.4, 0.5) is 0 Å². The van der Waals surface area contributed by atoms with Crippen molar-refractivity contribution in [3.8, 4) is 11.5 Å². The molecule has 0 aliphatic rings. The molecule has 5 rings (SSSR count). The van der Waals surface area contributed by atoms with Gasteiger partial charge in [0.15, 0.2) is 5.76 Å². The summed E-state index contributed by atoms with van der Waals surface area (Å²) >= 11 is 0. The minimum absolute atomic E-state index is 0.160. The third-order valence-corrected chi connectivity index (χ3v) is 5.26. The Bertz CT molecular complexity index is 1370. The van der Waals surface area contributed by atoms with Crippen molar-refractivity contribution < 1.29 is 13.7 Å². The van der Waals surface area contributed by atoms with Gasteiger partial charge in [-0.3, -0.25) is 9.48 Å². The molecule has 5 aromatic rings. The molecule has 0 unspecified atom stereocenters. The Morgan fingerprint density at radius 3 is 2.75 bits per heavy atom. The van der Waals surface area contributed by atoms with Crippen molar-refractivity contribution in [1.82, 2.24) is 24.8 Å². The van der Waals surface area contributed by atoms with Crippen molar-refractivity contribution in [2.45, 2.75) is 20.0 Å². The van der Waals surface area contributed by atoms with Crippen molar-refractivity contribution in [3.05, 3.63) is 89.6 Å². The van der Waals surface area contributed by atoms with Gasteiger partial charge in [-0.05, 0) is 30.7 Å². The van der Waals surface area contributed by atoms with E-state index < -0.39 is 0 Å². The largest absolute Gasteiger partial charge is 0.463 e. The highest BCUT2D eigenvalue weighted by Gasteiger charge is 2.23. The van der Waals surface area contributed by atoms with Crippen LogP contribution in [0, 0.1) is 6.92 Å². The molecule has 0 radical (unpaired) electrons. The molecule has 32 heavy (non-hydrogen) atoms. The first-order valence-electron chi connectivity index (χ1n) is 10.2. The maximum absolute atomic E-state index is 13.4. The normalized spacial score (nSPS) is 11.2. The number of fused-ring (bicyclic) bond motifs is 1. The lowest BCUT2D eigenvalue weighted by atomic mass is 10.1. The van der Waals surface area contributed by atoms with Crippen LogP contribution in [0.15, 0.2) is 76.1 Å². The number of hydrogen-bond acceptors (Lipinski definition) is 6. The Balaban J connectivity index is 1.40. The molecule has 160 valence electrons. The Morgan fingerprint density at radius 2 is 1.97 bits per heavy atom. The summed E-state index contributed by atoms with van der Waals surface area (Å²) < 4.78 is 12.7. The quantitative estimate of drug-likeness (QED) is 0.401. The average molecular weight is 427 g/mol. The summed E-state index contributed by atoms with van der Waals surface area (Å²) in [5.41, 5.74) is 4.02. The average Bonchev–Trinajstić information content (AvgIpc) is 3.56. The number of rotatable bonds is 6. The molecule has 8 heteroatoms. The molecule has 0 atom stereocenters. The van der Waals surface area contributed by atoms with Crippen LogP contribution in [0.2, 0.25) is 0 Å². The van der Waals surface area contributed by atoms with E-state index in [1.165, 1.54) is 5.56 Å². The van der Waals surface area contributed by atoms with E-state index in [4.69, 9.17) is 8.94 Å². The number of carbonyl (C=O) groups is 1. The van der Waals surface area contributed by atoms with Crippen molar-refractivity contribution in [2.24, 2.45) is 0 Å². The zero-order valence-electron chi connectivity index (χ0n) is 17.7. The molecular weight excluding hydrogens is 406 g/mol. The molecular formula is C24H21N5O3. The molecule has 1 aromatic carbocycles. The van der Waals surface area contributed by atoms with Gasteiger partial charge in [0.25, 0.3) is 11.6 Å². The Kier molecular flexibility index (Phi) is 5.03. The molecule has 0 N–H and O–H groups in total. The SMILES string of the molecule is Cc1noc2nc(-c3ccco3)cc(C(=O)N(C)Cc3cnn(Cc4ccccc4)c3)c12. The van der Waals surface area contributed by atoms with Gasteiger partial charge in [-0.2, -0.15) is 5.10 Å². The smallest absolute Gasteiger partial charge is 0.259 e. The lowest BCUT2D eigenvalue weighted by molar-refractivity contribution is 0.0787. The van der Waals surface area contributed by atoms with Crippen molar-refractivity contribution in [2.75, 3.05) is 7.05 Å². The molecule has 0 bridgehead atoms. The number of benzene rings is 1. The second-order valence-electron chi connectivity index (χ2n) is 7.67. The highest BCUT2D eigenvalue weighted by molar-refractivity contribution is 6.06. The predicted octanol–water partition coefficient (Wildman–Crippen LogP) is 4.31. The van der Waals surface area contributed by atoms with Crippen LogP contribution < -0.4 is 0 Å². The Labute approximate surface area is 184 Å². The first-order valence-corrected chi connectivity index (χ1v) is 10.2. The van der Waals surface area contributed by atoms with Crippen LogP contribution in [-0.2, 0) is 13.1 Å². The molecule has 0 aliphatic carbocycles. The Hall–Kier alpha value is -4.20. The van der Waals surface area contributed by atoms with Crippen LogP contribution in [0.25, 0.3) is 22.6 Å². The minimum Gasteiger partial charge on any atom is -0.463 e. The van der Waals surface area contributed by atoms with E-state index in [1.807, 2.05) is 29.1 Å². The van der Waals surface area contributed by atoms with Gasteiger partial charge in [0.2, 0.25) is 0 Å². The van der Waals surface area contributed by atoms with E-state index in [0.717, 1.165) is 5.56 Å². The summed E-state index contributed by atoms with van der Waals surface area (Å²) in [5, 5.41) is 9.04. The van der Waals surface area contributed by atoms with Crippen LogP contribution in [0.3, 0.4) is 0 Å². The fourth-order valence-electron chi connectivity index (χ4n) is 3.71. The van der Waals surface area contributed by atoms with Gasteiger partial charge < -0.3 is 13.8 Å².